The summed E-state index contributed by atoms with van der Waals surface area (Å²) in [4.78, 5) is 15.0. The van der Waals surface area contributed by atoms with Gasteiger partial charge in [-0.15, -0.1) is 0 Å². The second-order valence-electron chi connectivity index (χ2n) is 6.88. The average molecular weight is 376 g/mol. The predicted molar refractivity (Wildman–Crippen MR) is 104 cm³/mol. The van der Waals surface area contributed by atoms with Gasteiger partial charge in [0.1, 0.15) is 11.8 Å². The molecule has 6 heteroatoms. The molecule has 0 saturated carbocycles. The normalized spacial score (nSPS) is 15.4. The van der Waals surface area contributed by atoms with Crippen molar-refractivity contribution >= 4 is 11.6 Å². The van der Waals surface area contributed by atoms with E-state index in [1.54, 1.807) is 24.5 Å². The average Bonchev–Trinajstić information content (AvgIpc) is 3.48. The lowest BCUT2D eigenvalue weighted by Crippen LogP contribution is -2.37. The molecule has 1 N–H and O–H groups in total. The molecule has 1 aromatic heterocycles. The van der Waals surface area contributed by atoms with Crippen LogP contribution in [-0.4, -0.2) is 25.8 Å². The fourth-order valence-corrected chi connectivity index (χ4v) is 3.86. The molecule has 3 heterocycles. The number of benzene rings is 2. The van der Waals surface area contributed by atoms with Crippen LogP contribution in [0.15, 0.2) is 65.3 Å². The van der Waals surface area contributed by atoms with Gasteiger partial charge in [0.25, 0.3) is 5.91 Å². The first-order valence-electron chi connectivity index (χ1n) is 9.35. The van der Waals surface area contributed by atoms with E-state index >= 15 is 0 Å². The second kappa shape index (κ2) is 6.96. The number of furan rings is 1. The van der Waals surface area contributed by atoms with E-state index in [0.29, 0.717) is 23.6 Å². The molecule has 5 rings (SSSR count). The van der Waals surface area contributed by atoms with Crippen molar-refractivity contribution in [1.82, 2.24) is 5.32 Å². The number of hydrogen-bond acceptors (Lipinski definition) is 5. The number of carbonyl (C=O) groups is 1. The minimum Gasteiger partial charge on any atom is -0.467 e. The van der Waals surface area contributed by atoms with Gasteiger partial charge in [0, 0.05) is 24.3 Å². The number of carbonyl (C=O) groups excluding carboxylic acids is 1. The van der Waals surface area contributed by atoms with Crippen molar-refractivity contribution in [3.63, 3.8) is 0 Å². The van der Waals surface area contributed by atoms with E-state index in [9.17, 15) is 4.79 Å². The molecular formula is C22H20N2O4. The Morgan fingerprint density at radius 3 is 2.86 bits per heavy atom. The Balaban J connectivity index is 1.36. The standard InChI is InChI=1S/C22H20N2O4/c25-22(16-7-8-20-21(12-16)28-14-27-20)23-13-18(19-6-3-11-26-19)24-10-9-15-4-1-2-5-17(15)24/h1-8,11-12,18H,9-10,13-14H2,(H,23,25)/t18-/m0/s1. The molecule has 1 amide bonds. The Morgan fingerprint density at radius 2 is 1.96 bits per heavy atom. The van der Waals surface area contributed by atoms with E-state index in [2.05, 4.69) is 28.4 Å². The van der Waals surface area contributed by atoms with Crippen LogP contribution in [0.2, 0.25) is 0 Å². The highest BCUT2D eigenvalue weighted by Crippen LogP contribution is 2.35. The summed E-state index contributed by atoms with van der Waals surface area (Å²) >= 11 is 0. The molecule has 142 valence electrons. The van der Waals surface area contributed by atoms with Crippen molar-refractivity contribution in [2.75, 3.05) is 24.8 Å². The molecule has 2 aromatic carbocycles. The molecule has 0 fully saturated rings. The summed E-state index contributed by atoms with van der Waals surface area (Å²) in [6.07, 6.45) is 2.66. The molecule has 0 aliphatic carbocycles. The molecular weight excluding hydrogens is 356 g/mol. The number of fused-ring (bicyclic) bond motifs is 2. The van der Waals surface area contributed by atoms with Gasteiger partial charge in [-0.25, -0.2) is 0 Å². The summed E-state index contributed by atoms with van der Waals surface area (Å²) in [6, 6.07) is 17.4. The van der Waals surface area contributed by atoms with Gasteiger partial charge < -0.3 is 24.1 Å². The van der Waals surface area contributed by atoms with Crippen molar-refractivity contribution in [1.29, 1.82) is 0 Å². The smallest absolute Gasteiger partial charge is 0.251 e. The highest BCUT2D eigenvalue weighted by Gasteiger charge is 2.29. The van der Waals surface area contributed by atoms with Crippen LogP contribution in [-0.2, 0) is 6.42 Å². The monoisotopic (exact) mass is 376 g/mol. The highest BCUT2D eigenvalue weighted by atomic mass is 16.7. The van der Waals surface area contributed by atoms with Crippen LogP contribution in [0.3, 0.4) is 0 Å². The summed E-state index contributed by atoms with van der Waals surface area (Å²) in [6.45, 7) is 1.52. The quantitative estimate of drug-likeness (QED) is 0.738. The van der Waals surface area contributed by atoms with E-state index in [1.165, 1.54) is 11.3 Å². The van der Waals surface area contributed by atoms with Crippen LogP contribution in [0.4, 0.5) is 5.69 Å². The fraction of sp³-hybridized carbons (Fsp3) is 0.227. The van der Waals surface area contributed by atoms with Crippen LogP contribution in [0, 0.1) is 0 Å². The molecule has 0 bridgehead atoms. The number of para-hydroxylation sites is 1. The molecule has 0 saturated heterocycles. The third-order valence-electron chi connectivity index (χ3n) is 5.26. The van der Waals surface area contributed by atoms with Crippen LogP contribution in [0.25, 0.3) is 0 Å². The maximum absolute atomic E-state index is 12.7. The largest absolute Gasteiger partial charge is 0.467 e. The lowest BCUT2D eigenvalue weighted by atomic mass is 10.1. The first-order chi connectivity index (χ1) is 13.8. The maximum Gasteiger partial charge on any atom is 0.251 e. The van der Waals surface area contributed by atoms with Gasteiger partial charge in [-0.05, 0) is 48.4 Å². The third kappa shape index (κ3) is 2.97. The number of amides is 1. The predicted octanol–water partition coefficient (Wildman–Crippen LogP) is 3.54. The molecule has 0 radical (unpaired) electrons. The summed E-state index contributed by atoms with van der Waals surface area (Å²) < 4.78 is 16.4. The van der Waals surface area contributed by atoms with Gasteiger partial charge in [0.05, 0.1) is 6.26 Å². The van der Waals surface area contributed by atoms with Gasteiger partial charge in [-0.3, -0.25) is 4.79 Å². The Labute approximate surface area is 162 Å². The zero-order valence-electron chi connectivity index (χ0n) is 15.3. The van der Waals surface area contributed by atoms with Gasteiger partial charge in [0.2, 0.25) is 6.79 Å². The minimum absolute atomic E-state index is 0.0726. The molecule has 0 spiro atoms. The van der Waals surface area contributed by atoms with Crippen LogP contribution < -0.4 is 19.7 Å². The van der Waals surface area contributed by atoms with Crippen LogP contribution in [0.5, 0.6) is 11.5 Å². The van der Waals surface area contributed by atoms with E-state index in [4.69, 9.17) is 13.9 Å². The molecule has 28 heavy (non-hydrogen) atoms. The fourth-order valence-electron chi connectivity index (χ4n) is 3.86. The Bertz CT molecular complexity index is 1000. The Kier molecular flexibility index (Phi) is 4.16. The van der Waals surface area contributed by atoms with E-state index in [0.717, 1.165) is 18.7 Å². The first-order valence-corrected chi connectivity index (χ1v) is 9.35. The third-order valence-corrected chi connectivity index (χ3v) is 5.26. The molecule has 3 aromatic rings. The summed E-state index contributed by atoms with van der Waals surface area (Å²) in [7, 11) is 0. The van der Waals surface area contributed by atoms with E-state index in [-0.39, 0.29) is 18.7 Å². The number of nitrogens with one attached hydrogen (secondary N) is 1. The van der Waals surface area contributed by atoms with E-state index in [1.807, 2.05) is 18.2 Å². The number of anilines is 1. The van der Waals surface area contributed by atoms with Crippen molar-refractivity contribution in [3.8, 4) is 11.5 Å². The zero-order chi connectivity index (χ0) is 18.9. The molecule has 1 atom stereocenters. The Morgan fingerprint density at radius 1 is 1.07 bits per heavy atom. The van der Waals surface area contributed by atoms with Gasteiger partial charge in [-0.2, -0.15) is 0 Å². The number of rotatable bonds is 5. The van der Waals surface area contributed by atoms with E-state index < -0.39 is 0 Å². The van der Waals surface area contributed by atoms with Gasteiger partial charge in [-0.1, -0.05) is 18.2 Å². The Hall–Kier alpha value is -3.41. The zero-order valence-corrected chi connectivity index (χ0v) is 15.3. The van der Waals surface area contributed by atoms with Crippen molar-refractivity contribution in [3.05, 3.63) is 77.7 Å². The summed E-state index contributed by atoms with van der Waals surface area (Å²) in [5.41, 5.74) is 3.06. The minimum atomic E-state index is -0.151. The summed E-state index contributed by atoms with van der Waals surface area (Å²) in [5, 5.41) is 3.05. The second-order valence-corrected chi connectivity index (χ2v) is 6.88. The highest BCUT2D eigenvalue weighted by molar-refractivity contribution is 5.95. The van der Waals surface area contributed by atoms with Crippen molar-refractivity contribution in [2.45, 2.75) is 12.5 Å². The van der Waals surface area contributed by atoms with Crippen LogP contribution in [0.1, 0.15) is 27.7 Å². The molecule has 6 nitrogen and oxygen atoms in total. The number of ether oxygens (including phenoxy) is 2. The van der Waals surface area contributed by atoms with Crippen LogP contribution >= 0.6 is 0 Å². The van der Waals surface area contributed by atoms with Crippen molar-refractivity contribution < 1.29 is 18.7 Å². The number of nitrogens with zero attached hydrogens (tertiary/aromatic N) is 1. The lowest BCUT2D eigenvalue weighted by Gasteiger charge is -2.29. The number of hydrogen-bond donors (Lipinski definition) is 1. The van der Waals surface area contributed by atoms with Gasteiger partial charge >= 0.3 is 0 Å². The molecule has 2 aliphatic rings. The first kappa shape index (κ1) is 16.7. The lowest BCUT2D eigenvalue weighted by molar-refractivity contribution is 0.0949. The maximum atomic E-state index is 12.7. The summed E-state index contributed by atoms with van der Waals surface area (Å²) in [5.74, 6) is 1.95. The topological polar surface area (TPSA) is 63.9 Å². The molecule has 0 unspecified atom stereocenters. The van der Waals surface area contributed by atoms with Crippen molar-refractivity contribution in [2.24, 2.45) is 0 Å². The SMILES string of the molecule is O=C(NC[C@@H](c1ccco1)N1CCc2ccccc21)c1ccc2c(c1)OCO2. The molecule has 2 aliphatic heterocycles. The van der Waals surface area contributed by atoms with Gasteiger partial charge in [0.15, 0.2) is 11.5 Å².